The van der Waals surface area contributed by atoms with Gasteiger partial charge >= 0.3 is 0 Å². The number of likely N-dealkylation sites (N-methyl/N-ethyl adjacent to an activating group) is 1. The maximum absolute atomic E-state index is 11.8. The van der Waals surface area contributed by atoms with E-state index >= 15 is 0 Å². The van der Waals surface area contributed by atoms with Crippen molar-refractivity contribution in [2.24, 2.45) is 11.8 Å². The van der Waals surface area contributed by atoms with Gasteiger partial charge in [-0.05, 0) is 32.4 Å². The molecule has 0 N–H and O–H groups in total. The van der Waals surface area contributed by atoms with Crippen LogP contribution in [0.3, 0.4) is 0 Å². The smallest absolute Gasteiger partial charge is 0.246 e. The Bertz CT molecular complexity index is 259. The van der Waals surface area contributed by atoms with Crippen molar-refractivity contribution >= 4 is 5.91 Å². The van der Waals surface area contributed by atoms with Crippen molar-refractivity contribution in [3.63, 3.8) is 0 Å². The maximum atomic E-state index is 11.8. The third-order valence-electron chi connectivity index (χ3n) is 3.21. The summed E-state index contributed by atoms with van der Waals surface area (Å²) in [4.78, 5) is 15.8. The van der Waals surface area contributed by atoms with E-state index in [2.05, 4.69) is 13.8 Å². The van der Waals surface area contributed by atoms with E-state index < -0.39 is 0 Å². The number of rotatable bonds is 4. The lowest BCUT2D eigenvalue weighted by molar-refractivity contribution is -0.125. The van der Waals surface area contributed by atoms with Gasteiger partial charge in [0.1, 0.15) is 0 Å². The fourth-order valence-corrected chi connectivity index (χ4v) is 2.00. The lowest BCUT2D eigenvalue weighted by Gasteiger charge is -2.16. The fourth-order valence-electron chi connectivity index (χ4n) is 2.00. The van der Waals surface area contributed by atoms with E-state index in [0.717, 1.165) is 26.1 Å². The van der Waals surface area contributed by atoms with Crippen LogP contribution in [0.2, 0.25) is 0 Å². The normalized spacial score (nSPS) is 21.6. The van der Waals surface area contributed by atoms with Gasteiger partial charge in [0, 0.05) is 25.7 Å². The van der Waals surface area contributed by atoms with Crippen molar-refractivity contribution in [2.75, 3.05) is 33.7 Å². The highest BCUT2D eigenvalue weighted by molar-refractivity contribution is 5.87. The molecule has 0 saturated carbocycles. The third kappa shape index (κ3) is 3.97. The lowest BCUT2D eigenvalue weighted by atomic mass is 9.95. The van der Waals surface area contributed by atoms with Gasteiger partial charge in [-0.2, -0.15) is 0 Å². The van der Waals surface area contributed by atoms with Gasteiger partial charge in [-0.1, -0.05) is 19.9 Å². The van der Waals surface area contributed by atoms with Crippen molar-refractivity contribution in [2.45, 2.75) is 20.3 Å². The Morgan fingerprint density at radius 2 is 2.19 bits per heavy atom. The zero-order valence-electron chi connectivity index (χ0n) is 10.9. The first kappa shape index (κ1) is 13.2. The quantitative estimate of drug-likeness (QED) is 0.677. The van der Waals surface area contributed by atoms with E-state index in [9.17, 15) is 4.79 Å². The molecule has 0 spiro atoms. The first-order valence-corrected chi connectivity index (χ1v) is 6.11. The summed E-state index contributed by atoms with van der Waals surface area (Å²) in [6, 6.07) is 0. The summed E-state index contributed by atoms with van der Waals surface area (Å²) in [5.74, 6) is 1.54. The van der Waals surface area contributed by atoms with Gasteiger partial charge in [-0.25, -0.2) is 0 Å². The Balaban J connectivity index is 2.36. The van der Waals surface area contributed by atoms with Crippen LogP contribution in [0.15, 0.2) is 12.2 Å². The molecule has 1 atom stereocenters. The molecule has 92 valence electrons. The van der Waals surface area contributed by atoms with Gasteiger partial charge in [-0.3, -0.25) is 4.79 Å². The predicted octanol–water partition coefficient (Wildman–Crippen LogP) is 1.61. The molecule has 0 aliphatic carbocycles. The average molecular weight is 224 g/mol. The van der Waals surface area contributed by atoms with Crippen molar-refractivity contribution < 1.29 is 4.79 Å². The molecule has 3 heteroatoms. The summed E-state index contributed by atoms with van der Waals surface area (Å²) in [5, 5.41) is 0. The van der Waals surface area contributed by atoms with Gasteiger partial charge in [-0.15, -0.1) is 0 Å². The Hall–Kier alpha value is -0.830. The number of amides is 1. The highest BCUT2D eigenvalue weighted by atomic mass is 16.2. The summed E-state index contributed by atoms with van der Waals surface area (Å²) < 4.78 is 0. The zero-order valence-corrected chi connectivity index (χ0v) is 10.9. The molecular formula is C13H24N2O. The average Bonchev–Trinajstić information content (AvgIpc) is 2.65. The molecule has 0 bridgehead atoms. The van der Waals surface area contributed by atoms with Crippen LogP contribution in [-0.4, -0.2) is 49.4 Å². The zero-order chi connectivity index (χ0) is 12.1. The van der Waals surface area contributed by atoms with Crippen LogP contribution in [-0.2, 0) is 4.79 Å². The summed E-state index contributed by atoms with van der Waals surface area (Å²) in [6.45, 7) is 7.16. The van der Waals surface area contributed by atoms with Crippen LogP contribution in [0, 0.1) is 11.8 Å². The molecular weight excluding hydrogens is 200 g/mol. The van der Waals surface area contributed by atoms with Gasteiger partial charge in [0.25, 0.3) is 0 Å². The number of hydrogen-bond acceptors (Lipinski definition) is 2. The molecule has 1 rings (SSSR count). The summed E-state index contributed by atoms with van der Waals surface area (Å²) in [5.41, 5.74) is 0. The molecule has 0 radical (unpaired) electrons. The lowest BCUT2D eigenvalue weighted by Crippen LogP contribution is -2.27. The van der Waals surface area contributed by atoms with Crippen LogP contribution in [0.5, 0.6) is 0 Å². The van der Waals surface area contributed by atoms with Crippen LogP contribution in [0.4, 0.5) is 0 Å². The molecule has 3 nitrogen and oxygen atoms in total. The molecule has 0 unspecified atom stereocenters. The third-order valence-corrected chi connectivity index (χ3v) is 3.21. The van der Waals surface area contributed by atoms with Gasteiger partial charge in [0.05, 0.1) is 0 Å². The van der Waals surface area contributed by atoms with Crippen LogP contribution in [0.1, 0.15) is 20.3 Å². The van der Waals surface area contributed by atoms with E-state index in [0.29, 0.717) is 11.8 Å². The van der Waals surface area contributed by atoms with Crippen molar-refractivity contribution in [3.05, 3.63) is 12.2 Å². The van der Waals surface area contributed by atoms with E-state index in [-0.39, 0.29) is 5.91 Å². The molecule has 1 aliphatic heterocycles. The number of carbonyl (C=O) groups excluding carboxylic acids is 1. The molecule has 1 fully saturated rings. The second-order valence-corrected chi connectivity index (χ2v) is 5.24. The monoisotopic (exact) mass is 224 g/mol. The molecule has 1 aliphatic rings. The Kier molecular flexibility index (Phi) is 5.00. The number of hydrogen-bond donors (Lipinski definition) is 0. The number of carbonyl (C=O) groups is 1. The Morgan fingerprint density at radius 1 is 1.50 bits per heavy atom. The minimum absolute atomic E-state index is 0.171. The predicted molar refractivity (Wildman–Crippen MR) is 67.2 cm³/mol. The first-order chi connectivity index (χ1) is 7.50. The van der Waals surface area contributed by atoms with E-state index in [1.165, 1.54) is 0 Å². The second-order valence-electron chi connectivity index (χ2n) is 5.24. The van der Waals surface area contributed by atoms with Crippen LogP contribution in [0.25, 0.3) is 0 Å². The second kappa shape index (κ2) is 6.04. The Labute approximate surface area is 99.1 Å². The molecule has 1 amide bonds. The largest absolute Gasteiger partial charge is 0.339 e. The summed E-state index contributed by atoms with van der Waals surface area (Å²) in [6.07, 6.45) is 4.80. The minimum Gasteiger partial charge on any atom is -0.339 e. The van der Waals surface area contributed by atoms with Gasteiger partial charge < -0.3 is 9.80 Å². The Morgan fingerprint density at radius 3 is 2.69 bits per heavy atom. The molecule has 1 saturated heterocycles. The minimum atomic E-state index is 0.171. The molecule has 16 heavy (non-hydrogen) atoms. The van der Waals surface area contributed by atoms with Crippen molar-refractivity contribution in [1.29, 1.82) is 0 Å². The molecule has 0 aromatic heterocycles. The van der Waals surface area contributed by atoms with Crippen molar-refractivity contribution in [3.8, 4) is 0 Å². The molecule has 1 heterocycles. The van der Waals surface area contributed by atoms with Crippen LogP contribution < -0.4 is 0 Å². The summed E-state index contributed by atoms with van der Waals surface area (Å²) in [7, 11) is 4.00. The SMILES string of the molecule is CC(C)[C@@H]1CCN(C(=O)/C=C/CN(C)C)C1. The van der Waals surface area contributed by atoms with E-state index in [1.54, 1.807) is 6.08 Å². The highest BCUT2D eigenvalue weighted by Gasteiger charge is 2.26. The fraction of sp³-hybridized carbons (Fsp3) is 0.769. The molecule has 0 aromatic rings. The first-order valence-electron chi connectivity index (χ1n) is 6.11. The summed E-state index contributed by atoms with van der Waals surface area (Å²) >= 11 is 0. The maximum Gasteiger partial charge on any atom is 0.246 e. The van der Waals surface area contributed by atoms with Gasteiger partial charge in [0.15, 0.2) is 0 Å². The standard InChI is InChI=1S/C13H24N2O/c1-11(2)12-7-9-15(10-12)13(16)6-5-8-14(3)4/h5-6,11-12H,7-10H2,1-4H3/b6-5+/t12-/m1/s1. The number of nitrogens with zero attached hydrogens (tertiary/aromatic N) is 2. The molecule has 0 aromatic carbocycles. The highest BCUT2D eigenvalue weighted by Crippen LogP contribution is 2.23. The van der Waals surface area contributed by atoms with Crippen molar-refractivity contribution in [1.82, 2.24) is 9.80 Å². The van der Waals surface area contributed by atoms with E-state index in [1.807, 2.05) is 30.0 Å². The van der Waals surface area contributed by atoms with E-state index in [4.69, 9.17) is 0 Å². The van der Waals surface area contributed by atoms with Gasteiger partial charge in [0.2, 0.25) is 5.91 Å². The topological polar surface area (TPSA) is 23.6 Å². The van der Waals surface area contributed by atoms with Crippen LogP contribution >= 0.6 is 0 Å². The number of likely N-dealkylation sites (tertiary alicyclic amines) is 1.